The minimum Gasteiger partial charge on any atom is -0.323 e. The normalized spacial score (nSPS) is 10.6. The van der Waals surface area contributed by atoms with E-state index in [9.17, 15) is 0 Å². The highest BCUT2D eigenvalue weighted by molar-refractivity contribution is 5.60. The van der Waals surface area contributed by atoms with Crippen molar-refractivity contribution in [1.82, 2.24) is 9.55 Å². The van der Waals surface area contributed by atoms with Crippen molar-refractivity contribution in [3.63, 3.8) is 0 Å². The van der Waals surface area contributed by atoms with Crippen molar-refractivity contribution in [1.29, 1.82) is 0 Å². The summed E-state index contributed by atoms with van der Waals surface area (Å²) in [6.07, 6.45) is 6.06. The Hall–Kier alpha value is -2.35. The fourth-order valence-corrected chi connectivity index (χ4v) is 2.43. The van der Waals surface area contributed by atoms with E-state index in [1.54, 1.807) is 0 Å². The second-order valence-electron chi connectivity index (χ2n) is 4.76. The number of rotatable bonds is 2. The van der Waals surface area contributed by atoms with E-state index in [1.165, 1.54) is 16.8 Å². The van der Waals surface area contributed by atoms with Gasteiger partial charge >= 0.3 is 0 Å². The van der Waals surface area contributed by atoms with E-state index < -0.39 is 0 Å². The Balaban J connectivity index is 2.07. The summed E-state index contributed by atoms with van der Waals surface area (Å²) in [7, 11) is 0. The Kier molecular flexibility index (Phi) is 2.92. The molecule has 1 aromatic carbocycles. The molecule has 0 saturated heterocycles. The van der Waals surface area contributed by atoms with Gasteiger partial charge in [-0.3, -0.25) is 4.98 Å². The van der Waals surface area contributed by atoms with Gasteiger partial charge in [-0.2, -0.15) is 0 Å². The molecule has 0 unspecified atom stereocenters. The minimum absolute atomic E-state index is 1.01. The minimum atomic E-state index is 1.01. The molecule has 0 bridgehead atoms. The third-order valence-corrected chi connectivity index (χ3v) is 3.35. The molecule has 0 saturated carbocycles. The lowest BCUT2D eigenvalue weighted by atomic mass is 10.1. The smallest absolute Gasteiger partial charge is 0.0717 e. The summed E-state index contributed by atoms with van der Waals surface area (Å²) < 4.78 is 2.18. The maximum Gasteiger partial charge on any atom is 0.0717 e. The summed E-state index contributed by atoms with van der Waals surface area (Å²) in [5.41, 5.74) is 5.96. The summed E-state index contributed by atoms with van der Waals surface area (Å²) in [5.74, 6) is 0. The molecule has 2 heterocycles. The molecule has 94 valence electrons. The lowest BCUT2D eigenvalue weighted by molar-refractivity contribution is 1.04. The molecule has 3 aromatic rings. The van der Waals surface area contributed by atoms with Crippen molar-refractivity contribution in [2.45, 2.75) is 13.8 Å². The Labute approximate surface area is 113 Å². The summed E-state index contributed by atoms with van der Waals surface area (Å²) in [5, 5.41) is 0. The average molecular weight is 248 g/mol. The van der Waals surface area contributed by atoms with Crippen LogP contribution in [-0.2, 0) is 0 Å². The quantitative estimate of drug-likeness (QED) is 0.666. The van der Waals surface area contributed by atoms with Gasteiger partial charge in [0.2, 0.25) is 0 Å². The zero-order valence-corrected chi connectivity index (χ0v) is 11.2. The Morgan fingerprint density at radius 2 is 1.68 bits per heavy atom. The lowest BCUT2D eigenvalue weighted by Gasteiger charge is -2.10. The molecular formula is C17H16N2. The molecule has 0 fully saturated rings. The van der Waals surface area contributed by atoms with Crippen LogP contribution in [0.15, 0.2) is 61.1 Å². The first-order valence-electron chi connectivity index (χ1n) is 6.42. The number of hydrogen-bond donors (Lipinski definition) is 0. The molecule has 0 atom stereocenters. The molecule has 0 N–H and O–H groups in total. The van der Waals surface area contributed by atoms with Crippen LogP contribution in [-0.4, -0.2) is 9.55 Å². The van der Waals surface area contributed by atoms with Crippen molar-refractivity contribution in [2.75, 3.05) is 0 Å². The number of nitrogens with zero attached hydrogens (tertiary/aromatic N) is 2. The van der Waals surface area contributed by atoms with E-state index >= 15 is 0 Å². The summed E-state index contributed by atoms with van der Waals surface area (Å²) in [4.78, 5) is 4.39. The highest BCUT2D eigenvalue weighted by Crippen LogP contribution is 2.23. The van der Waals surface area contributed by atoms with Crippen LogP contribution < -0.4 is 0 Å². The Bertz CT molecular complexity index is 676. The van der Waals surface area contributed by atoms with E-state index in [4.69, 9.17) is 0 Å². The van der Waals surface area contributed by atoms with Crippen LogP contribution in [0.25, 0.3) is 16.9 Å². The molecule has 0 aliphatic heterocycles. The first-order chi connectivity index (χ1) is 9.25. The third kappa shape index (κ3) is 2.17. The first-order valence-corrected chi connectivity index (χ1v) is 6.42. The van der Waals surface area contributed by atoms with Crippen LogP contribution in [0.2, 0.25) is 0 Å². The molecule has 0 aliphatic rings. The molecule has 2 nitrogen and oxygen atoms in total. The van der Waals surface area contributed by atoms with Gasteiger partial charge in [0.1, 0.15) is 0 Å². The van der Waals surface area contributed by atoms with Crippen molar-refractivity contribution in [2.24, 2.45) is 0 Å². The summed E-state index contributed by atoms with van der Waals surface area (Å²) >= 11 is 0. The number of aromatic nitrogens is 2. The highest BCUT2D eigenvalue weighted by Gasteiger charge is 2.06. The van der Waals surface area contributed by atoms with Crippen LogP contribution >= 0.6 is 0 Å². The van der Waals surface area contributed by atoms with Crippen LogP contribution in [0.5, 0.6) is 0 Å². The number of hydrogen-bond acceptors (Lipinski definition) is 1. The largest absolute Gasteiger partial charge is 0.323 e. The average Bonchev–Trinajstić information content (AvgIpc) is 2.89. The van der Waals surface area contributed by atoms with Crippen molar-refractivity contribution in [3.8, 4) is 16.9 Å². The molecule has 0 spiro atoms. The molecule has 0 radical (unpaired) electrons. The predicted molar refractivity (Wildman–Crippen MR) is 78.5 cm³/mol. The Morgan fingerprint density at radius 3 is 2.37 bits per heavy atom. The van der Waals surface area contributed by atoms with Gasteiger partial charge in [0.15, 0.2) is 0 Å². The van der Waals surface area contributed by atoms with E-state index in [0.717, 1.165) is 11.3 Å². The monoisotopic (exact) mass is 248 g/mol. The second-order valence-corrected chi connectivity index (χ2v) is 4.76. The molecule has 0 aliphatic carbocycles. The van der Waals surface area contributed by atoms with Gasteiger partial charge in [-0.15, -0.1) is 0 Å². The van der Waals surface area contributed by atoms with Crippen LogP contribution in [0.3, 0.4) is 0 Å². The van der Waals surface area contributed by atoms with Gasteiger partial charge in [0.25, 0.3) is 0 Å². The van der Waals surface area contributed by atoms with Crippen LogP contribution in [0.1, 0.15) is 11.1 Å². The molecule has 19 heavy (non-hydrogen) atoms. The van der Waals surface area contributed by atoms with Gasteiger partial charge in [-0.05, 0) is 43.2 Å². The number of benzene rings is 1. The fraction of sp³-hybridized carbons (Fsp3) is 0.118. The summed E-state index contributed by atoms with van der Waals surface area (Å²) in [6, 6.07) is 14.5. The molecule has 0 amide bonds. The number of aryl methyl sites for hydroxylation is 2. The van der Waals surface area contributed by atoms with E-state index in [-0.39, 0.29) is 0 Å². The zero-order valence-electron chi connectivity index (χ0n) is 11.2. The topological polar surface area (TPSA) is 17.8 Å². The zero-order chi connectivity index (χ0) is 13.2. The molecule has 3 rings (SSSR count). The standard InChI is InChI=1S/C17H16N2/c1-13-6-5-7-14(2)17(13)19-11-9-15(12-19)16-8-3-4-10-18-16/h3-12H,1-2H3. The van der Waals surface area contributed by atoms with Gasteiger partial charge in [0, 0.05) is 24.2 Å². The summed E-state index contributed by atoms with van der Waals surface area (Å²) in [6.45, 7) is 4.28. The number of para-hydroxylation sites is 1. The Morgan fingerprint density at radius 1 is 0.895 bits per heavy atom. The SMILES string of the molecule is Cc1cccc(C)c1-n1ccc(-c2ccccn2)c1. The fourth-order valence-electron chi connectivity index (χ4n) is 2.43. The van der Waals surface area contributed by atoms with Crippen molar-refractivity contribution < 1.29 is 0 Å². The van der Waals surface area contributed by atoms with Gasteiger partial charge < -0.3 is 4.57 Å². The van der Waals surface area contributed by atoms with Crippen LogP contribution in [0.4, 0.5) is 0 Å². The lowest BCUT2D eigenvalue weighted by Crippen LogP contribution is -1.96. The van der Waals surface area contributed by atoms with E-state index in [0.29, 0.717) is 0 Å². The number of pyridine rings is 1. The first kappa shape index (κ1) is 11.7. The molecule has 2 aromatic heterocycles. The van der Waals surface area contributed by atoms with Gasteiger partial charge in [-0.1, -0.05) is 24.3 Å². The second kappa shape index (κ2) is 4.73. The highest BCUT2D eigenvalue weighted by atomic mass is 15.0. The maximum atomic E-state index is 4.39. The van der Waals surface area contributed by atoms with Crippen LogP contribution in [0, 0.1) is 13.8 Å². The van der Waals surface area contributed by atoms with Gasteiger partial charge in [0.05, 0.1) is 11.4 Å². The van der Waals surface area contributed by atoms with Crippen molar-refractivity contribution in [3.05, 3.63) is 72.2 Å². The molecular weight excluding hydrogens is 232 g/mol. The van der Waals surface area contributed by atoms with Gasteiger partial charge in [-0.25, -0.2) is 0 Å². The maximum absolute atomic E-state index is 4.39. The van der Waals surface area contributed by atoms with E-state index in [1.807, 2.05) is 24.4 Å². The third-order valence-electron chi connectivity index (χ3n) is 3.35. The molecule has 2 heteroatoms. The predicted octanol–water partition coefficient (Wildman–Crippen LogP) is 4.16. The van der Waals surface area contributed by atoms with Crippen molar-refractivity contribution >= 4 is 0 Å². The van der Waals surface area contributed by atoms with E-state index in [2.05, 4.69) is 60.1 Å².